The minimum atomic E-state index is -0.537. The molecule has 0 atom stereocenters. The first-order valence-electron chi connectivity index (χ1n) is 9.39. The molecule has 3 rings (SSSR count). The van der Waals surface area contributed by atoms with Crippen LogP contribution in [0.3, 0.4) is 0 Å². The zero-order valence-corrected chi connectivity index (χ0v) is 17.0. The van der Waals surface area contributed by atoms with E-state index in [1.54, 1.807) is 36.5 Å². The maximum atomic E-state index is 12.3. The quantitative estimate of drug-likeness (QED) is 0.628. The maximum absolute atomic E-state index is 12.3. The van der Waals surface area contributed by atoms with Crippen LogP contribution in [0.5, 0.6) is 0 Å². The lowest BCUT2D eigenvalue weighted by atomic mass is 10.2. The predicted molar refractivity (Wildman–Crippen MR) is 114 cm³/mol. The van der Waals surface area contributed by atoms with Gasteiger partial charge in [0.05, 0.1) is 6.20 Å². The fourth-order valence-corrected chi connectivity index (χ4v) is 3.29. The largest absolute Gasteiger partial charge is 0.366 e. The second-order valence-electron chi connectivity index (χ2n) is 7.16. The highest BCUT2D eigenvalue weighted by Gasteiger charge is 2.14. The van der Waals surface area contributed by atoms with E-state index < -0.39 is 5.91 Å². The van der Waals surface area contributed by atoms with Gasteiger partial charge in [-0.3, -0.25) is 9.59 Å². The molecule has 0 fully saturated rings. The molecule has 3 aromatic rings. The SMILES string of the molecule is Cc1cc(/C=C/C(=O)Nc2cccc(C(N)=O)c2)c(C)n1-c1ccnn1C(C)C. The highest BCUT2D eigenvalue weighted by molar-refractivity contribution is 6.03. The van der Waals surface area contributed by atoms with Gasteiger partial charge in [0.2, 0.25) is 11.8 Å². The Hall–Kier alpha value is -3.61. The molecule has 0 bridgehead atoms. The summed E-state index contributed by atoms with van der Waals surface area (Å²) in [5.74, 6) is 0.163. The van der Waals surface area contributed by atoms with Gasteiger partial charge in [-0.25, -0.2) is 4.68 Å². The number of hydrogen-bond donors (Lipinski definition) is 2. The summed E-state index contributed by atoms with van der Waals surface area (Å²) in [6.07, 6.45) is 5.04. The van der Waals surface area contributed by atoms with Gasteiger partial charge in [-0.1, -0.05) is 6.07 Å². The zero-order valence-electron chi connectivity index (χ0n) is 17.0. The van der Waals surface area contributed by atoms with Gasteiger partial charge in [0.1, 0.15) is 5.82 Å². The number of rotatable bonds is 6. The number of carbonyl (C=O) groups excluding carboxylic acids is 2. The lowest BCUT2D eigenvalue weighted by Gasteiger charge is -2.15. The molecule has 2 aromatic heterocycles. The molecule has 2 heterocycles. The van der Waals surface area contributed by atoms with Crippen LogP contribution < -0.4 is 11.1 Å². The lowest BCUT2D eigenvalue weighted by molar-refractivity contribution is -0.111. The molecule has 0 saturated carbocycles. The van der Waals surface area contributed by atoms with Gasteiger partial charge < -0.3 is 15.6 Å². The van der Waals surface area contributed by atoms with E-state index in [9.17, 15) is 9.59 Å². The van der Waals surface area contributed by atoms with E-state index in [-0.39, 0.29) is 11.9 Å². The number of anilines is 1. The van der Waals surface area contributed by atoms with E-state index in [1.807, 2.05) is 30.7 Å². The van der Waals surface area contributed by atoms with Gasteiger partial charge in [0, 0.05) is 40.8 Å². The van der Waals surface area contributed by atoms with Gasteiger partial charge in [0.15, 0.2) is 0 Å². The summed E-state index contributed by atoms with van der Waals surface area (Å²) in [6, 6.07) is 10.8. The van der Waals surface area contributed by atoms with E-state index in [0.717, 1.165) is 22.8 Å². The van der Waals surface area contributed by atoms with Crippen LogP contribution in [-0.2, 0) is 4.79 Å². The molecule has 0 aliphatic carbocycles. The zero-order chi connectivity index (χ0) is 21.1. The van der Waals surface area contributed by atoms with Gasteiger partial charge in [-0.15, -0.1) is 0 Å². The number of nitrogens with two attached hydrogens (primary N) is 1. The average molecular weight is 391 g/mol. The highest BCUT2D eigenvalue weighted by atomic mass is 16.1. The van der Waals surface area contributed by atoms with Crippen molar-refractivity contribution in [1.82, 2.24) is 14.3 Å². The van der Waals surface area contributed by atoms with Crippen molar-refractivity contribution < 1.29 is 9.59 Å². The number of aryl methyl sites for hydroxylation is 1. The van der Waals surface area contributed by atoms with Crippen molar-refractivity contribution in [2.75, 3.05) is 5.32 Å². The molecule has 0 saturated heterocycles. The molecule has 3 N–H and O–H groups in total. The molecule has 0 aliphatic rings. The first-order chi connectivity index (χ1) is 13.8. The molecular formula is C22H25N5O2. The van der Waals surface area contributed by atoms with Crippen LogP contribution in [0, 0.1) is 13.8 Å². The molecule has 7 heteroatoms. The predicted octanol–water partition coefficient (Wildman–Crippen LogP) is 3.62. The van der Waals surface area contributed by atoms with Crippen LogP contribution >= 0.6 is 0 Å². The molecule has 150 valence electrons. The van der Waals surface area contributed by atoms with E-state index in [0.29, 0.717) is 11.3 Å². The van der Waals surface area contributed by atoms with Crippen LogP contribution in [0.1, 0.15) is 47.2 Å². The second-order valence-corrected chi connectivity index (χ2v) is 7.16. The third kappa shape index (κ3) is 4.29. The van der Waals surface area contributed by atoms with E-state index in [4.69, 9.17) is 5.73 Å². The fourth-order valence-electron chi connectivity index (χ4n) is 3.29. The minimum absolute atomic E-state index is 0.238. The number of nitrogens with zero attached hydrogens (tertiary/aromatic N) is 3. The van der Waals surface area contributed by atoms with Crippen LogP contribution in [0.25, 0.3) is 11.9 Å². The van der Waals surface area contributed by atoms with E-state index >= 15 is 0 Å². The van der Waals surface area contributed by atoms with Gasteiger partial charge in [0.25, 0.3) is 0 Å². The van der Waals surface area contributed by atoms with Crippen molar-refractivity contribution in [2.24, 2.45) is 5.73 Å². The van der Waals surface area contributed by atoms with Crippen molar-refractivity contribution in [3.05, 3.63) is 71.2 Å². The number of hydrogen-bond acceptors (Lipinski definition) is 3. The standard InChI is InChI=1S/C22H25N5O2/c1-14(2)27-21(10-11-24-27)26-15(3)12-17(16(26)4)8-9-20(28)25-19-7-5-6-18(13-19)22(23)29/h5-14H,1-4H3,(H2,23,29)(H,25,28)/b9-8+. The summed E-state index contributed by atoms with van der Waals surface area (Å²) in [4.78, 5) is 23.6. The van der Waals surface area contributed by atoms with Crippen LogP contribution in [0.4, 0.5) is 5.69 Å². The Kier molecular flexibility index (Phi) is 5.68. The minimum Gasteiger partial charge on any atom is -0.366 e. The number of benzene rings is 1. The molecular weight excluding hydrogens is 366 g/mol. The number of amides is 2. The Labute approximate surface area is 169 Å². The van der Waals surface area contributed by atoms with Crippen molar-refractivity contribution in [1.29, 1.82) is 0 Å². The lowest BCUT2D eigenvalue weighted by Crippen LogP contribution is -2.12. The maximum Gasteiger partial charge on any atom is 0.248 e. The monoisotopic (exact) mass is 391 g/mol. The summed E-state index contributed by atoms with van der Waals surface area (Å²) in [5.41, 5.74) is 9.15. The number of primary amides is 1. The molecule has 1 aromatic carbocycles. The third-order valence-corrected chi connectivity index (χ3v) is 4.67. The normalized spacial score (nSPS) is 11.3. The topological polar surface area (TPSA) is 94.9 Å². The van der Waals surface area contributed by atoms with Gasteiger partial charge in [-0.2, -0.15) is 5.10 Å². The summed E-state index contributed by atoms with van der Waals surface area (Å²) in [6.45, 7) is 8.21. The number of carbonyl (C=O) groups is 2. The Bertz CT molecular complexity index is 1090. The van der Waals surface area contributed by atoms with Crippen molar-refractivity contribution >= 4 is 23.6 Å². The molecule has 0 spiro atoms. The smallest absolute Gasteiger partial charge is 0.248 e. The fraction of sp³-hybridized carbons (Fsp3) is 0.227. The first-order valence-corrected chi connectivity index (χ1v) is 9.39. The Morgan fingerprint density at radius 2 is 1.93 bits per heavy atom. The summed E-state index contributed by atoms with van der Waals surface area (Å²) in [7, 11) is 0. The Morgan fingerprint density at radius 1 is 1.17 bits per heavy atom. The van der Waals surface area contributed by atoms with Gasteiger partial charge in [-0.05, 0) is 63.6 Å². The molecule has 0 aliphatic heterocycles. The molecule has 29 heavy (non-hydrogen) atoms. The Morgan fingerprint density at radius 3 is 2.62 bits per heavy atom. The molecule has 0 radical (unpaired) electrons. The van der Waals surface area contributed by atoms with Crippen molar-refractivity contribution in [2.45, 2.75) is 33.7 Å². The molecule has 2 amide bonds. The summed E-state index contributed by atoms with van der Waals surface area (Å²) >= 11 is 0. The van der Waals surface area contributed by atoms with Crippen LogP contribution in [-0.4, -0.2) is 26.2 Å². The van der Waals surface area contributed by atoms with Crippen molar-refractivity contribution in [3.8, 4) is 5.82 Å². The summed E-state index contributed by atoms with van der Waals surface area (Å²) in [5, 5.41) is 7.15. The Balaban J connectivity index is 1.81. The van der Waals surface area contributed by atoms with Gasteiger partial charge >= 0.3 is 0 Å². The highest BCUT2D eigenvalue weighted by Crippen LogP contribution is 2.23. The third-order valence-electron chi connectivity index (χ3n) is 4.67. The molecule has 0 unspecified atom stereocenters. The van der Waals surface area contributed by atoms with Crippen LogP contribution in [0.2, 0.25) is 0 Å². The van der Waals surface area contributed by atoms with Crippen molar-refractivity contribution in [3.63, 3.8) is 0 Å². The van der Waals surface area contributed by atoms with E-state index in [2.05, 4.69) is 28.8 Å². The summed E-state index contributed by atoms with van der Waals surface area (Å²) < 4.78 is 4.09. The van der Waals surface area contributed by atoms with E-state index in [1.165, 1.54) is 6.08 Å². The number of nitrogens with one attached hydrogen (secondary N) is 1. The molecule has 7 nitrogen and oxygen atoms in total. The second kappa shape index (κ2) is 8.18. The number of aromatic nitrogens is 3. The first kappa shape index (κ1) is 20.1. The average Bonchev–Trinajstić information content (AvgIpc) is 3.24. The van der Waals surface area contributed by atoms with Crippen LogP contribution in [0.15, 0.2) is 48.7 Å².